The summed E-state index contributed by atoms with van der Waals surface area (Å²) in [6.07, 6.45) is 0. The van der Waals surface area contributed by atoms with Crippen LogP contribution in [0.1, 0.15) is 0 Å². The molecule has 1 aromatic rings. The molecule has 0 spiro atoms. The van der Waals surface area contributed by atoms with E-state index in [4.69, 9.17) is 39.2 Å². The molecular formula is C12H3Cl3N2O4. The Balaban J connectivity index is 2.57. The van der Waals surface area contributed by atoms with Crippen LogP contribution in [0.25, 0.3) is 22.6 Å². The molecule has 1 aliphatic heterocycles. The summed E-state index contributed by atoms with van der Waals surface area (Å²) >= 11 is 17.6. The molecule has 1 heterocycles. The van der Waals surface area contributed by atoms with E-state index >= 15 is 0 Å². The fraction of sp³-hybridized carbons (Fsp3) is 0. The van der Waals surface area contributed by atoms with Gasteiger partial charge in [-0.3, -0.25) is 14.9 Å². The third kappa shape index (κ3) is 2.03. The molecule has 0 N–H and O–H groups in total. The topological polar surface area (TPSA) is 86.2 Å². The third-order valence-corrected chi connectivity index (χ3v) is 3.99. The Morgan fingerprint density at radius 1 is 1.14 bits per heavy atom. The predicted molar refractivity (Wildman–Crippen MR) is 78.6 cm³/mol. The molecule has 0 radical (unpaired) electrons. The largest absolute Gasteiger partial charge is 0.451 e. The zero-order valence-electron chi connectivity index (χ0n) is 9.89. The van der Waals surface area contributed by atoms with Crippen molar-refractivity contribution in [3.63, 3.8) is 0 Å². The van der Waals surface area contributed by atoms with Crippen molar-refractivity contribution in [3.8, 4) is 11.5 Å². The van der Waals surface area contributed by atoms with Crippen LogP contribution in [0.4, 0.5) is 5.69 Å². The zero-order chi connectivity index (χ0) is 15.3. The number of nitro benzene ring substituents is 1. The van der Waals surface area contributed by atoms with Crippen LogP contribution in [0.5, 0.6) is 0 Å². The van der Waals surface area contributed by atoms with Crippen molar-refractivity contribution in [2.45, 2.75) is 0 Å². The van der Waals surface area contributed by atoms with Crippen LogP contribution in [0, 0.1) is 10.1 Å². The van der Waals surface area contributed by atoms with Crippen molar-refractivity contribution in [2.24, 2.45) is 0 Å². The van der Waals surface area contributed by atoms with E-state index in [9.17, 15) is 14.9 Å². The van der Waals surface area contributed by atoms with Crippen molar-refractivity contribution >= 4 is 51.6 Å². The number of fused-ring (bicyclic) bond motifs is 2. The first kappa shape index (κ1) is 14.1. The first-order valence-corrected chi connectivity index (χ1v) is 6.59. The minimum atomic E-state index is -0.689. The molecule has 0 unspecified atom stereocenters. The van der Waals surface area contributed by atoms with Gasteiger partial charge in [-0.15, -0.1) is 0 Å². The lowest BCUT2D eigenvalue weighted by atomic mass is 10.2. The molecule has 0 atom stereocenters. The molecule has 21 heavy (non-hydrogen) atoms. The summed E-state index contributed by atoms with van der Waals surface area (Å²) in [6.45, 7) is 0. The number of aromatic nitrogens is 1. The van der Waals surface area contributed by atoms with Crippen molar-refractivity contribution in [1.82, 2.24) is 4.98 Å². The minimum Gasteiger partial charge on any atom is -0.451 e. The second-order valence-corrected chi connectivity index (χ2v) is 5.18. The van der Waals surface area contributed by atoms with E-state index in [1.54, 1.807) is 0 Å². The van der Waals surface area contributed by atoms with Gasteiger partial charge in [-0.1, -0.05) is 40.9 Å². The summed E-state index contributed by atoms with van der Waals surface area (Å²) in [4.78, 5) is 26.3. The van der Waals surface area contributed by atoms with Gasteiger partial charge in [0.15, 0.2) is 16.9 Å². The predicted octanol–water partition coefficient (Wildman–Crippen LogP) is 4.16. The Hall–Kier alpha value is -1.89. The maximum Gasteiger partial charge on any atom is 0.298 e. The first-order valence-electron chi connectivity index (χ1n) is 5.46. The highest BCUT2D eigenvalue weighted by Gasteiger charge is 2.26. The highest BCUT2D eigenvalue weighted by atomic mass is 35.5. The Kier molecular flexibility index (Phi) is 3.24. The van der Waals surface area contributed by atoms with E-state index in [-0.39, 0.29) is 43.3 Å². The van der Waals surface area contributed by atoms with E-state index in [1.807, 2.05) is 0 Å². The average Bonchev–Trinajstić information content (AvgIpc) is 2.48. The van der Waals surface area contributed by atoms with Crippen LogP contribution in [0.3, 0.4) is 0 Å². The van der Waals surface area contributed by atoms with Gasteiger partial charge in [0, 0.05) is 6.07 Å². The van der Waals surface area contributed by atoms with Crippen molar-refractivity contribution in [3.05, 3.63) is 53.6 Å². The molecule has 106 valence electrons. The summed E-state index contributed by atoms with van der Waals surface area (Å²) in [5.74, 6) is -0.0657. The quantitative estimate of drug-likeness (QED) is 0.286. The monoisotopic (exact) mass is 344 g/mol. The standard InChI is InChI=1S/C12H3Cl3N2O4/c13-6-7(14)11(18)8(15)12-10(6)16-9-4(17(19)20)2-1-3-5(9)21-12/h1-3H. The molecule has 0 bridgehead atoms. The van der Waals surface area contributed by atoms with Gasteiger partial charge in [-0.2, -0.15) is 0 Å². The lowest BCUT2D eigenvalue weighted by Crippen LogP contribution is -2.07. The fourth-order valence-electron chi connectivity index (χ4n) is 1.87. The molecule has 0 fully saturated rings. The van der Waals surface area contributed by atoms with E-state index in [1.165, 1.54) is 18.2 Å². The minimum absolute atomic E-state index is 0.00642. The Morgan fingerprint density at radius 2 is 1.86 bits per heavy atom. The lowest BCUT2D eigenvalue weighted by Gasteiger charge is -2.10. The SMILES string of the molecule is O=c1c(Cl)c2oc3cccc([N+](=O)[O-])c3nc-2c(Cl)c1Cl. The second-order valence-electron chi connectivity index (χ2n) is 4.04. The van der Waals surface area contributed by atoms with Gasteiger partial charge in [-0.25, -0.2) is 4.98 Å². The van der Waals surface area contributed by atoms with Crippen LogP contribution < -0.4 is 5.43 Å². The smallest absolute Gasteiger partial charge is 0.298 e. The first-order chi connectivity index (χ1) is 9.91. The highest BCUT2D eigenvalue weighted by molar-refractivity contribution is 6.45. The van der Waals surface area contributed by atoms with Gasteiger partial charge < -0.3 is 4.42 Å². The fourth-order valence-corrected chi connectivity index (χ4v) is 2.54. The number of nitrogens with zero attached hydrogens (tertiary/aromatic N) is 2. The van der Waals surface area contributed by atoms with Crippen LogP contribution in [-0.2, 0) is 0 Å². The van der Waals surface area contributed by atoms with Gasteiger partial charge >= 0.3 is 0 Å². The van der Waals surface area contributed by atoms with Crippen molar-refractivity contribution < 1.29 is 9.34 Å². The van der Waals surface area contributed by atoms with Gasteiger partial charge in [0.2, 0.25) is 5.43 Å². The van der Waals surface area contributed by atoms with E-state index in [0.29, 0.717) is 0 Å². The van der Waals surface area contributed by atoms with Gasteiger partial charge in [-0.05, 0) is 6.07 Å². The molecule has 0 amide bonds. The highest BCUT2D eigenvalue weighted by Crippen LogP contribution is 2.39. The van der Waals surface area contributed by atoms with Crippen molar-refractivity contribution in [2.75, 3.05) is 0 Å². The second kappa shape index (κ2) is 4.84. The lowest BCUT2D eigenvalue weighted by molar-refractivity contribution is -0.383. The van der Waals surface area contributed by atoms with Gasteiger partial charge in [0.05, 0.1) is 9.95 Å². The average molecular weight is 346 g/mol. The molecule has 0 aromatic heterocycles. The molecule has 6 nitrogen and oxygen atoms in total. The summed E-state index contributed by atoms with van der Waals surface area (Å²) in [6, 6.07) is 4.18. The Bertz CT molecular complexity index is 938. The van der Waals surface area contributed by atoms with Crippen molar-refractivity contribution in [1.29, 1.82) is 0 Å². The van der Waals surface area contributed by atoms with Gasteiger partial charge in [0.1, 0.15) is 15.7 Å². The van der Waals surface area contributed by atoms with Crippen LogP contribution in [-0.4, -0.2) is 9.91 Å². The normalized spacial score (nSPS) is 11.2. The summed E-state index contributed by atoms with van der Waals surface area (Å²) < 4.78 is 5.44. The summed E-state index contributed by atoms with van der Waals surface area (Å²) in [5, 5.41) is 10.3. The summed E-state index contributed by atoms with van der Waals surface area (Å²) in [5.41, 5.74) is -0.856. The van der Waals surface area contributed by atoms with Crippen LogP contribution in [0.15, 0.2) is 27.4 Å². The molecular weight excluding hydrogens is 343 g/mol. The van der Waals surface area contributed by atoms with Crippen LogP contribution >= 0.6 is 34.8 Å². The molecule has 0 saturated heterocycles. The molecule has 2 aliphatic rings. The molecule has 9 heteroatoms. The Labute approximate surface area is 131 Å². The number of benzene rings is 2. The number of hydrogen-bond donors (Lipinski definition) is 0. The van der Waals surface area contributed by atoms with Gasteiger partial charge in [0.25, 0.3) is 5.69 Å². The number of para-hydroxylation sites is 1. The number of hydrogen-bond acceptors (Lipinski definition) is 5. The molecule has 1 aromatic carbocycles. The number of halogens is 3. The number of non-ortho nitro benzene ring substituents is 1. The maximum atomic E-state index is 11.8. The van der Waals surface area contributed by atoms with E-state index in [2.05, 4.69) is 4.98 Å². The number of nitro groups is 1. The molecule has 0 saturated carbocycles. The number of rotatable bonds is 1. The third-order valence-electron chi connectivity index (χ3n) is 2.82. The van der Waals surface area contributed by atoms with E-state index in [0.717, 1.165) is 0 Å². The molecule has 3 rings (SSSR count). The molecule has 1 aliphatic carbocycles. The summed E-state index contributed by atoms with van der Waals surface area (Å²) in [7, 11) is 0. The van der Waals surface area contributed by atoms with Crippen LogP contribution in [0.2, 0.25) is 15.1 Å². The maximum absolute atomic E-state index is 11.8. The Morgan fingerprint density at radius 3 is 2.52 bits per heavy atom. The van der Waals surface area contributed by atoms with E-state index < -0.39 is 10.4 Å². The zero-order valence-corrected chi connectivity index (χ0v) is 12.2.